The van der Waals surface area contributed by atoms with E-state index >= 15 is 0 Å². The minimum Gasteiger partial charge on any atom is -0.361 e. The fourth-order valence-electron chi connectivity index (χ4n) is 2.44. The van der Waals surface area contributed by atoms with Crippen LogP contribution in [0.15, 0.2) is 40.0 Å². The van der Waals surface area contributed by atoms with Crippen molar-refractivity contribution in [3.63, 3.8) is 0 Å². The summed E-state index contributed by atoms with van der Waals surface area (Å²) in [5.41, 5.74) is -0.217. The molecular formula is C15H5Cl2N3O4. The number of carbonyl (C=O) groups is 2. The Balaban J connectivity index is 2.34. The average molecular weight is 362 g/mol. The van der Waals surface area contributed by atoms with Crippen molar-refractivity contribution in [2.45, 2.75) is 0 Å². The Morgan fingerprint density at radius 3 is 2.46 bits per heavy atom. The Hall–Kier alpha value is -2.95. The van der Waals surface area contributed by atoms with Crippen molar-refractivity contribution in [1.82, 2.24) is 4.98 Å². The Morgan fingerprint density at radius 2 is 1.83 bits per heavy atom. The summed E-state index contributed by atoms with van der Waals surface area (Å²) < 4.78 is 0. The lowest BCUT2D eigenvalue weighted by Gasteiger charge is -2.14. The van der Waals surface area contributed by atoms with Crippen molar-refractivity contribution >= 4 is 56.9 Å². The summed E-state index contributed by atoms with van der Waals surface area (Å²) in [5, 5.41) is 19.5. The molecule has 1 heterocycles. The minimum atomic E-state index is -0.862. The number of H-pyrrole nitrogens is 1. The number of hydrogen-bond acceptors (Lipinski definition) is 5. The largest absolute Gasteiger partial charge is 0.361 e. The highest BCUT2D eigenvalue weighted by Gasteiger charge is 2.35. The molecule has 1 N–H and O–H groups in total. The second-order valence-electron chi connectivity index (χ2n) is 4.84. The van der Waals surface area contributed by atoms with E-state index in [1.165, 1.54) is 24.4 Å². The van der Waals surface area contributed by atoms with Crippen LogP contribution >= 0.6 is 23.2 Å². The number of hydrogen-bond donors (Lipinski definition) is 1. The molecule has 0 spiro atoms. The number of rotatable bonds is 2. The number of aromatic amines is 1. The van der Waals surface area contributed by atoms with E-state index in [0.717, 1.165) is 0 Å². The molecule has 0 fully saturated rings. The van der Waals surface area contributed by atoms with E-state index < -0.39 is 32.1 Å². The van der Waals surface area contributed by atoms with Crippen LogP contribution in [0.3, 0.4) is 0 Å². The Labute approximate surface area is 143 Å². The number of nitro groups is 1. The molecule has 0 saturated carbocycles. The van der Waals surface area contributed by atoms with Crippen LogP contribution in [0, 0.1) is 21.4 Å². The molecule has 0 amide bonds. The molecule has 0 bridgehead atoms. The van der Waals surface area contributed by atoms with Gasteiger partial charge in [0.25, 0.3) is 5.69 Å². The van der Waals surface area contributed by atoms with E-state index in [4.69, 9.17) is 23.2 Å². The van der Waals surface area contributed by atoms with Gasteiger partial charge in [0.05, 0.1) is 10.5 Å². The van der Waals surface area contributed by atoms with E-state index in [-0.39, 0.29) is 16.8 Å². The highest BCUT2D eigenvalue weighted by Crippen LogP contribution is 2.37. The fraction of sp³-hybridized carbons (Fsp3) is 0. The monoisotopic (exact) mass is 361 g/mol. The minimum absolute atomic E-state index is 0.172. The van der Waals surface area contributed by atoms with Crippen LogP contribution in [-0.4, -0.2) is 21.5 Å². The topological polar surface area (TPSA) is 117 Å². The molecule has 9 heteroatoms. The van der Waals surface area contributed by atoms with E-state index in [0.29, 0.717) is 10.9 Å². The van der Waals surface area contributed by atoms with Gasteiger partial charge in [0, 0.05) is 34.8 Å². The molecule has 0 radical (unpaired) electrons. The van der Waals surface area contributed by atoms with E-state index in [9.17, 15) is 25.0 Å². The molecule has 0 aliphatic heterocycles. The molecule has 7 nitrogen and oxygen atoms in total. The molecule has 1 aliphatic rings. The predicted molar refractivity (Wildman–Crippen MR) is 86.2 cm³/mol. The number of Topliss-reactive ketones (excluding diaryl/α,β-unsaturated/α-hetero) is 2. The molecule has 2 aromatic rings. The van der Waals surface area contributed by atoms with Crippen molar-refractivity contribution < 1.29 is 14.5 Å². The van der Waals surface area contributed by atoms with Gasteiger partial charge in [-0.05, 0) is 6.07 Å². The summed E-state index contributed by atoms with van der Waals surface area (Å²) in [6, 6.07) is 5.66. The maximum Gasteiger partial charge on any atom is 0.270 e. The van der Waals surface area contributed by atoms with Gasteiger partial charge >= 0.3 is 0 Å². The normalized spacial score (nSPS) is 15.2. The highest BCUT2D eigenvalue weighted by molar-refractivity contribution is 6.63. The lowest BCUT2D eigenvalue weighted by molar-refractivity contribution is -0.384. The molecule has 24 heavy (non-hydrogen) atoms. The zero-order valence-corrected chi connectivity index (χ0v) is 13.1. The molecule has 0 saturated heterocycles. The van der Waals surface area contributed by atoms with Gasteiger partial charge in [0.2, 0.25) is 11.6 Å². The smallest absolute Gasteiger partial charge is 0.270 e. The Kier molecular flexibility index (Phi) is 3.72. The number of allylic oxidation sites excluding steroid dienone is 4. The van der Waals surface area contributed by atoms with Crippen LogP contribution < -0.4 is 0 Å². The van der Waals surface area contributed by atoms with Gasteiger partial charge in [-0.3, -0.25) is 19.7 Å². The number of nitriles is 1. The van der Waals surface area contributed by atoms with Gasteiger partial charge in [0.1, 0.15) is 21.7 Å². The summed E-state index contributed by atoms with van der Waals surface area (Å²) in [6.07, 6.45) is 1.38. The third-order valence-corrected chi connectivity index (χ3v) is 4.37. The summed E-state index contributed by atoms with van der Waals surface area (Å²) in [4.78, 5) is 37.7. The summed E-state index contributed by atoms with van der Waals surface area (Å²) in [7, 11) is 0. The van der Waals surface area contributed by atoms with Crippen molar-refractivity contribution in [3.8, 4) is 6.07 Å². The summed E-state index contributed by atoms with van der Waals surface area (Å²) >= 11 is 11.5. The van der Waals surface area contributed by atoms with Crippen LogP contribution in [0.25, 0.3) is 16.5 Å². The summed E-state index contributed by atoms with van der Waals surface area (Å²) in [5.74, 6) is -1.65. The number of benzene rings is 1. The second-order valence-corrected chi connectivity index (χ2v) is 5.59. The summed E-state index contributed by atoms with van der Waals surface area (Å²) in [6.45, 7) is 0. The number of ketones is 2. The number of nitrogens with one attached hydrogen (secondary N) is 1. The van der Waals surface area contributed by atoms with Crippen LogP contribution in [-0.2, 0) is 9.59 Å². The molecule has 118 valence electrons. The molecule has 0 atom stereocenters. The maximum atomic E-state index is 12.4. The van der Waals surface area contributed by atoms with Crippen molar-refractivity contribution in [2.24, 2.45) is 0 Å². The van der Waals surface area contributed by atoms with Crippen molar-refractivity contribution in [1.29, 1.82) is 5.26 Å². The number of halogens is 2. The molecule has 1 aromatic heterocycles. The highest BCUT2D eigenvalue weighted by atomic mass is 35.5. The van der Waals surface area contributed by atoms with Crippen LogP contribution in [0.4, 0.5) is 5.69 Å². The molecule has 1 aliphatic carbocycles. The number of nitrogens with zero attached hydrogens (tertiary/aromatic N) is 2. The van der Waals surface area contributed by atoms with Gasteiger partial charge < -0.3 is 4.98 Å². The standard InChI is InChI=1S/C15H5Cl2N3O4/c16-12-13(17)15(22)11(8(4-18)14(12)21)9-5-19-10-2-1-6(20(23)24)3-7(9)10/h1-3,5,19H. The van der Waals surface area contributed by atoms with Gasteiger partial charge in [0.15, 0.2) is 0 Å². The fourth-order valence-corrected chi connectivity index (χ4v) is 2.80. The van der Waals surface area contributed by atoms with E-state index in [1.807, 2.05) is 0 Å². The first-order valence-electron chi connectivity index (χ1n) is 6.41. The predicted octanol–water partition coefficient (Wildman–Crippen LogP) is 3.19. The van der Waals surface area contributed by atoms with Crippen molar-refractivity contribution in [3.05, 3.63) is 55.7 Å². The molecule has 0 unspecified atom stereocenters. The lowest BCUT2D eigenvalue weighted by atomic mass is 9.89. The van der Waals surface area contributed by atoms with Crippen LogP contribution in [0.1, 0.15) is 5.56 Å². The van der Waals surface area contributed by atoms with Crippen molar-refractivity contribution in [2.75, 3.05) is 0 Å². The zero-order valence-electron chi connectivity index (χ0n) is 11.6. The SMILES string of the molecule is N#CC1=C(c2c[nH]c3ccc([N+](=O)[O-])cc23)C(=O)C(Cl)=C(Cl)C1=O. The Morgan fingerprint density at radius 1 is 1.17 bits per heavy atom. The molecule has 1 aromatic carbocycles. The first-order valence-corrected chi connectivity index (χ1v) is 7.17. The number of aromatic nitrogens is 1. The van der Waals surface area contributed by atoms with Gasteiger partial charge in [-0.15, -0.1) is 0 Å². The third-order valence-electron chi connectivity index (χ3n) is 3.55. The van der Waals surface area contributed by atoms with Gasteiger partial charge in [-0.2, -0.15) is 5.26 Å². The number of non-ortho nitro benzene ring substituents is 1. The quantitative estimate of drug-likeness (QED) is 0.500. The number of nitro benzene ring substituents is 1. The van der Waals surface area contributed by atoms with Crippen LogP contribution in [0.2, 0.25) is 0 Å². The molecule has 3 rings (SSSR count). The van der Waals surface area contributed by atoms with Crippen LogP contribution in [0.5, 0.6) is 0 Å². The zero-order chi connectivity index (χ0) is 17.6. The maximum absolute atomic E-state index is 12.4. The van der Waals surface area contributed by atoms with E-state index in [2.05, 4.69) is 4.98 Å². The number of carbonyl (C=O) groups excluding carboxylic acids is 2. The average Bonchev–Trinajstić information content (AvgIpc) is 2.98. The van der Waals surface area contributed by atoms with E-state index in [1.54, 1.807) is 6.07 Å². The molecular weight excluding hydrogens is 357 g/mol. The lowest BCUT2D eigenvalue weighted by Crippen LogP contribution is -2.18. The van der Waals surface area contributed by atoms with Gasteiger partial charge in [-0.25, -0.2) is 0 Å². The number of fused-ring (bicyclic) bond motifs is 1. The third kappa shape index (κ3) is 2.21. The first-order chi connectivity index (χ1) is 11.4. The van der Waals surface area contributed by atoms with Gasteiger partial charge in [-0.1, -0.05) is 23.2 Å². The first kappa shape index (κ1) is 15.9. The Bertz CT molecular complexity index is 1060. The second kappa shape index (κ2) is 5.60.